The Morgan fingerprint density at radius 3 is 2.92 bits per heavy atom. The zero-order chi connectivity index (χ0) is 9.68. The third kappa shape index (κ3) is 3.59. The first-order valence-electron chi connectivity index (χ1n) is 4.94. The van der Waals surface area contributed by atoms with Crippen molar-refractivity contribution >= 4 is 0 Å². The van der Waals surface area contributed by atoms with E-state index in [0.29, 0.717) is 6.04 Å². The van der Waals surface area contributed by atoms with Crippen molar-refractivity contribution in [1.29, 1.82) is 0 Å². The van der Waals surface area contributed by atoms with Gasteiger partial charge < -0.3 is 5.32 Å². The van der Waals surface area contributed by atoms with Crippen molar-refractivity contribution in [3.05, 3.63) is 18.0 Å². The summed E-state index contributed by atoms with van der Waals surface area (Å²) < 4.78 is 1.85. The average Bonchev–Trinajstić information content (AvgIpc) is 2.48. The number of hydrogen-bond acceptors (Lipinski definition) is 2. The average molecular weight is 181 g/mol. The first-order valence-corrected chi connectivity index (χ1v) is 4.94. The van der Waals surface area contributed by atoms with Gasteiger partial charge in [0.15, 0.2) is 0 Å². The van der Waals surface area contributed by atoms with E-state index in [4.69, 9.17) is 0 Å². The van der Waals surface area contributed by atoms with Gasteiger partial charge in [-0.1, -0.05) is 6.92 Å². The van der Waals surface area contributed by atoms with Gasteiger partial charge in [-0.3, -0.25) is 4.68 Å². The lowest BCUT2D eigenvalue weighted by Gasteiger charge is -2.10. The highest BCUT2D eigenvalue weighted by Crippen LogP contribution is 1.99. The van der Waals surface area contributed by atoms with Crippen LogP contribution in [-0.2, 0) is 13.5 Å². The summed E-state index contributed by atoms with van der Waals surface area (Å²) in [6, 6.07) is 2.60. The Kier molecular flexibility index (Phi) is 3.96. The van der Waals surface area contributed by atoms with Crippen molar-refractivity contribution in [2.75, 3.05) is 6.54 Å². The van der Waals surface area contributed by atoms with E-state index in [9.17, 15) is 0 Å². The van der Waals surface area contributed by atoms with E-state index in [1.54, 1.807) is 0 Å². The molecule has 0 saturated carbocycles. The molecule has 0 aliphatic heterocycles. The first kappa shape index (κ1) is 10.3. The minimum Gasteiger partial charge on any atom is -0.314 e. The van der Waals surface area contributed by atoms with E-state index in [1.165, 1.54) is 12.1 Å². The second-order valence-electron chi connectivity index (χ2n) is 3.54. The third-order valence-electron chi connectivity index (χ3n) is 2.03. The molecule has 1 heterocycles. The Morgan fingerprint density at radius 2 is 2.38 bits per heavy atom. The molecule has 0 radical (unpaired) electrons. The quantitative estimate of drug-likeness (QED) is 0.743. The summed E-state index contributed by atoms with van der Waals surface area (Å²) >= 11 is 0. The summed E-state index contributed by atoms with van der Waals surface area (Å²) in [5.41, 5.74) is 1.17. The molecule has 74 valence electrons. The number of aromatic nitrogens is 2. The highest BCUT2D eigenvalue weighted by atomic mass is 15.2. The van der Waals surface area contributed by atoms with Crippen molar-refractivity contribution in [2.45, 2.75) is 32.7 Å². The Balaban J connectivity index is 2.31. The molecule has 1 rings (SSSR count). The molecule has 0 fully saturated rings. The maximum atomic E-state index is 4.34. The van der Waals surface area contributed by atoms with Gasteiger partial charge >= 0.3 is 0 Å². The van der Waals surface area contributed by atoms with Crippen LogP contribution in [0.1, 0.15) is 26.0 Å². The number of nitrogens with one attached hydrogen (secondary N) is 1. The largest absolute Gasteiger partial charge is 0.314 e. The van der Waals surface area contributed by atoms with Crippen molar-refractivity contribution in [3.63, 3.8) is 0 Å². The topological polar surface area (TPSA) is 29.9 Å². The second-order valence-corrected chi connectivity index (χ2v) is 3.54. The molecule has 0 aromatic carbocycles. The molecule has 0 amide bonds. The predicted molar refractivity (Wildman–Crippen MR) is 54.7 cm³/mol. The zero-order valence-corrected chi connectivity index (χ0v) is 8.75. The second kappa shape index (κ2) is 5.02. The van der Waals surface area contributed by atoms with Crippen molar-refractivity contribution in [2.24, 2.45) is 7.05 Å². The van der Waals surface area contributed by atoms with Crippen LogP contribution in [-0.4, -0.2) is 22.4 Å². The van der Waals surface area contributed by atoms with E-state index in [2.05, 4.69) is 30.3 Å². The zero-order valence-electron chi connectivity index (χ0n) is 8.75. The minimum absolute atomic E-state index is 0.523. The maximum Gasteiger partial charge on any atom is 0.0639 e. The monoisotopic (exact) mass is 181 g/mol. The minimum atomic E-state index is 0.523. The Hall–Kier alpha value is -0.830. The van der Waals surface area contributed by atoms with Crippen molar-refractivity contribution < 1.29 is 0 Å². The van der Waals surface area contributed by atoms with Gasteiger partial charge in [-0.15, -0.1) is 0 Å². The van der Waals surface area contributed by atoms with Gasteiger partial charge in [0.25, 0.3) is 0 Å². The van der Waals surface area contributed by atoms with Gasteiger partial charge in [0, 0.05) is 25.7 Å². The first-order chi connectivity index (χ1) is 6.22. The fourth-order valence-corrected chi connectivity index (χ4v) is 1.35. The van der Waals surface area contributed by atoms with Crippen LogP contribution >= 0.6 is 0 Å². The molecule has 1 unspecified atom stereocenters. The molecule has 0 aliphatic rings. The van der Waals surface area contributed by atoms with Gasteiger partial charge in [0.2, 0.25) is 0 Å². The fourth-order valence-electron chi connectivity index (χ4n) is 1.35. The summed E-state index contributed by atoms with van der Waals surface area (Å²) in [6.45, 7) is 5.47. The van der Waals surface area contributed by atoms with E-state index in [1.807, 2.05) is 17.9 Å². The molecule has 0 aliphatic carbocycles. The number of hydrogen-bond donors (Lipinski definition) is 1. The highest BCUT2D eigenvalue weighted by Gasteiger charge is 2.03. The molecule has 1 aromatic heterocycles. The van der Waals surface area contributed by atoms with Crippen LogP contribution in [0.15, 0.2) is 12.3 Å². The molecule has 13 heavy (non-hydrogen) atoms. The van der Waals surface area contributed by atoms with Crippen molar-refractivity contribution in [1.82, 2.24) is 15.1 Å². The lowest BCUT2D eigenvalue weighted by molar-refractivity contribution is 0.535. The molecule has 0 spiro atoms. The van der Waals surface area contributed by atoms with E-state index < -0.39 is 0 Å². The van der Waals surface area contributed by atoms with Crippen LogP contribution in [0.3, 0.4) is 0 Å². The van der Waals surface area contributed by atoms with E-state index in [0.717, 1.165) is 13.0 Å². The van der Waals surface area contributed by atoms with Gasteiger partial charge in [-0.05, 0) is 26.0 Å². The Labute approximate surface area is 80.1 Å². The lowest BCUT2D eigenvalue weighted by atomic mass is 10.2. The summed E-state index contributed by atoms with van der Waals surface area (Å²) in [5, 5.41) is 7.78. The van der Waals surface area contributed by atoms with E-state index >= 15 is 0 Å². The van der Waals surface area contributed by atoms with Gasteiger partial charge in [-0.2, -0.15) is 5.10 Å². The lowest BCUT2D eigenvalue weighted by Crippen LogP contribution is -2.28. The summed E-state index contributed by atoms with van der Waals surface area (Å²) in [5.74, 6) is 0. The van der Waals surface area contributed by atoms with Gasteiger partial charge in [-0.25, -0.2) is 0 Å². The Morgan fingerprint density at radius 1 is 1.62 bits per heavy atom. The van der Waals surface area contributed by atoms with E-state index in [-0.39, 0.29) is 0 Å². The summed E-state index contributed by atoms with van der Waals surface area (Å²) in [6.07, 6.45) is 4.19. The molecular formula is C10H19N3. The van der Waals surface area contributed by atoms with Crippen LogP contribution < -0.4 is 5.32 Å². The van der Waals surface area contributed by atoms with Crippen molar-refractivity contribution in [3.8, 4) is 0 Å². The molecular weight excluding hydrogens is 162 g/mol. The Bertz CT molecular complexity index is 242. The molecule has 0 saturated heterocycles. The molecule has 0 bridgehead atoms. The standard InChI is InChI=1S/C10H19N3/c1-4-6-11-9(2)8-10-5-7-13(3)12-10/h5,7,9,11H,4,6,8H2,1-3H3. The predicted octanol–water partition coefficient (Wildman–Crippen LogP) is 1.35. The maximum absolute atomic E-state index is 4.34. The number of aryl methyl sites for hydroxylation is 1. The van der Waals surface area contributed by atoms with Crippen LogP contribution in [0, 0.1) is 0 Å². The van der Waals surface area contributed by atoms with Gasteiger partial charge in [0.05, 0.1) is 5.69 Å². The van der Waals surface area contributed by atoms with Crippen LogP contribution in [0.5, 0.6) is 0 Å². The van der Waals surface area contributed by atoms with Crippen LogP contribution in [0.25, 0.3) is 0 Å². The number of rotatable bonds is 5. The molecule has 3 nitrogen and oxygen atoms in total. The molecule has 1 atom stereocenters. The smallest absolute Gasteiger partial charge is 0.0639 e. The normalized spacial score (nSPS) is 13.2. The third-order valence-corrected chi connectivity index (χ3v) is 2.03. The van der Waals surface area contributed by atoms with Crippen LogP contribution in [0.4, 0.5) is 0 Å². The van der Waals surface area contributed by atoms with Crippen LogP contribution in [0.2, 0.25) is 0 Å². The van der Waals surface area contributed by atoms with Gasteiger partial charge in [0.1, 0.15) is 0 Å². The molecule has 3 heteroatoms. The SMILES string of the molecule is CCCNC(C)Cc1ccn(C)n1. The molecule has 1 N–H and O–H groups in total. The highest BCUT2D eigenvalue weighted by molar-refractivity contribution is 5.00. The molecule has 1 aromatic rings. The summed E-state index contributed by atoms with van der Waals surface area (Å²) in [7, 11) is 1.95. The number of nitrogens with zero attached hydrogens (tertiary/aromatic N) is 2. The summed E-state index contributed by atoms with van der Waals surface area (Å²) in [4.78, 5) is 0. The fraction of sp³-hybridized carbons (Fsp3) is 0.700.